The number of aromatic nitrogens is 2. The van der Waals surface area contributed by atoms with Gasteiger partial charge in [0.05, 0.1) is 5.69 Å². The van der Waals surface area contributed by atoms with Crippen LogP contribution >= 0.6 is 0 Å². The van der Waals surface area contributed by atoms with Gasteiger partial charge in [-0.25, -0.2) is 9.97 Å². The molecule has 1 aromatic carbocycles. The minimum atomic E-state index is 0.579. The minimum absolute atomic E-state index is 0.579. The Kier molecular flexibility index (Phi) is 3.72. The number of hydrogen-bond donors (Lipinski definition) is 1. The van der Waals surface area contributed by atoms with E-state index in [2.05, 4.69) is 42.0 Å². The molecule has 0 bridgehead atoms. The van der Waals surface area contributed by atoms with Gasteiger partial charge in [-0.2, -0.15) is 0 Å². The Morgan fingerprint density at radius 2 is 1.83 bits per heavy atom. The zero-order valence-electron chi connectivity index (χ0n) is 11.2. The number of benzene rings is 1. The van der Waals surface area contributed by atoms with E-state index in [1.165, 1.54) is 16.7 Å². The average molecular weight is 241 g/mol. The van der Waals surface area contributed by atoms with Crippen molar-refractivity contribution in [2.45, 2.75) is 27.2 Å². The average Bonchev–Trinajstić information content (AvgIpc) is 2.28. The molecule has 0 saturated heterocycles. The summed E-state index contributed by atoms with van der Waals surface area (Å²) < 4.78 is 0. The fraction of sp³-hybridized carbons (Fsp3) is 0.333. The summed E-state index contributed by atoms with van der Waals surface area (Å²) in [5.74, 6) is 0.826. The number of hydrogen-bond acceptors (Lipinski definition) is 3. The lowest BCUT2D eigenvalue weighted by Gasteiger charge is -2.09. The topological polar surface area (TPSA) is 51.8 Å². The van der Waals surface area contributed by atoms with E-state index >= 15 is 0 Å². The monoisotopic (exact) mass is 241 g/mol. The lowest BCUT2D eigenvalue weighted by atomic mass is 10.0. The predicted molar refractivity (Wildman–Crippen MR) is 74.4 cm³/mol. The van der Waals surface area contributed by atoms with Gasteiger partial charge in [0.2, 0.25) is 0 Å². The Balaban J connectivity index is 2.49. The summed E-state index contributed by atoms with van der Waals surface area (Å²) in [5.41, 5.74) is 11.2. The third-order valence-corrected chi connectivity index (χ3v) is 2.93. The maximum Gasteiger partial charge on any atom is 0.130 e. The molecule has 0 spiro atoms. The van der Waals surface area contributed by atoms with Gasteiger partial charge < -0.3 is 5.73 Å². The molecule has 3 nitrogen and oxygen atoms in total. The van der Waals surface area contributed by atoms with Crippen molar-refractivity contribution in [3.63, 3.8) is 0 Å². The highest BCUT2D eigenvalue weighted by Crippen LogP contribution is 2.23. The second-order valence-corrected chi connectivity index (χ2v) is 4.67. The summed E-state index contributed by atoms with van der Waals surface area (Å²) >= 11 is 0. The molecule has 2 N–H and O–H groups in total. The molecule has 18 heavy (non-hydrogen) atoms. The number of nitrogens with two attached hydrogens (primary N) is 1. The highest BCUT2D eigenvalue weighted by atomic mass is 14.9. The summed E-state index contributed by atoms with van der Waals surface area (Å²) in [6.45, 7) is 6.79. The normalized spacial score (nSPS) is 10.7. The van der Waals surface area contributed by atoms with Gasteiger partial charge in [0.25, 0.3) is 0 Å². The molecule has 0 aliphatic heterocycles. The van der Waals surface area contributed by atoms with Crippen molar-refractivity contribution >= 4 is 0 Å². The lowest BCUT2D eigenvalue weighted by molar-refractivity contribution is 0.858. The van der Waals surface area contributed by atoms with Gasteiger partial charge in [0.15, 0.2) is 0 Å². The van der Waals surface area contributed by atoms with Gasteiger partial charge in [-0.15, -0.1) is 0 Å². The molecule has 1 aromatic heterocycles. The van der Waals surface area contributed by atoms with E-state index in [0.717, 1.165) is 23.6 Å². The van der Waals surface area contributed by atoms with Crippen LogP contribution in [-0.2, 0) is 6.42 Å². The van der Waals surface area contributed by atoms with Crippen LogP contribution in [0.2, 0.25) is 0 Å². The first-order valence-electron chi connectivity index (χ1n) is 6.22. The maximum atomic E-state index is 5.57. The van der Waals surface area contributed by atoms with Crippen molar-refractivity contribution in [1.29, 1.82) is 0 Å². The summed E-state index contributed by atoms with van der Waals surface area (Å²) in [4.78, 5) is 9.00. The van der Waals surface area contributed by atoms with E-state index in [4.69, 9.17) is 5.73 Å². The van der Waals surface area contributed by atoms with Crippen molar-refractivity contribution < 1.29 is 0 Å². The maximum absolute atomic E-state index is 5.57. The molecule has 2 aromatic rings. The van der Waals surface area contributed by atoms with Crippen LogP contribution in [0, 0.1) is 20.8 Å². The molecule has 0 amide bonds. The molecular formula is C15H19N3. The lowest BCUT2D eigenvalue weighted by Crippen LogP contribution is -2.08. The van der Waals surface area contributed by atoms with E-state index in [1.807, 2.05) is 13.0 Å². The van der Waals surface area contributed by atoms with Gasteiger partial charge in [-0.1, -0.05) is 23.8 Å². The standard InChI is InChI=1S/C15H19N3/c1-10-4-5-13(11(2)8-10)14-9-12(3)17-15(18-14)6-7-16/h4-5,8-9H,6-7,16H2,1-3H3. The Hall–Kier alpha value is -1.74. The highest BCUT2D eigenvalue weighted by molar-refractivity contribution is 5.64. The SMILES string of the molecule is Cc1ccc(-c2cc(C)nc(CCN)n2)c(C)c1. The molecule has 0 radical (unpaired) electrons. The quantitative estimate of drug-likeness (QED) is 0.898. The van der Waals surface area contributed by atoms with Gasteiger partial charge in [0, 0.05) is 17.7 Å². The molecule has 2 rings (SSSR count). The Labute approximate surface area is 108 Å². The van der Waals surface area contributed by atoms with Crippen molar-refractivity contribution in [1.82, 2.24) is 9.97 Å². The van der Waals surface area contributed by atoms with Gasteiger partial charge in [-0.05, 0) is 38.9 Å². The number of rotatable bonds is 3. The molecule has 0 saturated carbocycles. The van der Waals surface area contributed by atoms with Crippen LogP contribution in [0.25, 0.3) is 11.3 Å². The predicted octanol–water partition coefficient (Wildman–Crippen LogP) is 2.57. The smallest absolute Gasteiger partial charge is 0.130 e. The van der Waals surface area contributed by atoms with Crippen LogP contribution in [0.4, 0.5) is 0 Å². The first-order chi connectivity index (χ1) is 8.60. The highest BCUT2D eigenvalue weighted by Gasteiger charge is 2.07. The summed E-state index contributed by atoms with van der Waals surface area (Å²) in [6, 6.07) is 8.44. The molecule has 0 aliphatic rings. The Bertz CT molecular complexity index is 562. The first kappa shape index (κ1) is 12.7. The van der Waals surface area contributed by atoms with Crippen LogP contribution in [0.5, 0.6) is 0 Å². The van der Waals surface area contributed by atoms with E-state index < -0.39 is 0 Å². The first-order valence-corrected chi connectivity index (χ1v) is 6.22. The molecule has 0 atom stereocenters. The fourth-order valence-electron chi connectivity index (χ4n) is 2.11. The van der Waals surface area contributed by atoms with E-state index in [0.29, 0.717) is 6.54 Å². The molecule has 0 aliphatic carbocycles. The van der Waals surface area contributed by atoms with Crippen molar-refractivity contribution in [3.8, 4) is 11.3 Å². The van der Waals surface area contributed by atoms with Crippen molar-refractivity contribution in [2.75, 3.05) is 6.54 Å². The zero-order chi connectivity index (χ0) is 13.1. The third kappa shape index (κ3) is 2.74. The van der Waals surface area contributed by atoms with Crippen LogP contribution in [-0.4, -0.2) is 16.5 Å². The van der Waals surface area contributed by atoms with Crippen molar-refractivity contribution in [3.05, 3.63) is 46.9 Å². The molecule has 94 valence electrons. The molecule has 3 heteroatoms. The van der Waals surface area contributed by atoms with Crippen LogP contribution < -0.4 is 5.73 Å². The second kappa shape index (κ2) is 5.27. The minimum Gasteiger partial charge on any atom is -0.330 e. The molecule has 1 heterocycles. The van der Waals surface area contributed by atoms with Crippen molar-refractivity contribution in [2.24, 2.45) is 5.73 Å². The second-order valence-electron chi connectivity index (χ2n) is 4.67. The molecule has 0 fully saturated rings. The van der Waals surface area contributed by atoms with Crippen LogP contribution in [0.1, 0.15) is 22.6 Å². The van der Waals surface area contributed by atoms with Gasteiger partial charge >= 0.3 is 0 Å². The van der Waals surface area contributed by atoms with Gasteiger partial charge in [0.1, 0.15) is 5.82 Å². The van der Waals surface area contributed by atoms with E-state index in [1.54, 1.807) is 0 Å². The molecular weight excluding hydrogens is 222 g/mol. The number of aryl methyl sites for hydroxylation is 3. The Morgan fingerprint density at radius 1 is 1.06 bits per heavy atom. The van der Waals surface area contributed by atoms with Crippen LogP contribution in [0.15, 0.2) is 24.3 Å². The van der Waals surface area contributed by atoms with E-state index in [9.17, 15) is 0 Å². The summed E-state index contributed by atoms with van der Waals surface area (Å²) in [7, 11) is 0. The van der Waals surface area contributed by atoms with E-state index in [-0.39, 0.29) is 0 Å². The molecule has 0 unspecified atom stereocenters. The summed E-state index contributed by atoms with van der Waals surface area (Å²) in [5, 5.41) is 0. The fourth-order valence-corrected chi connectivity index (χ4v) is 2.11. The third-order valence-electron chi connectivity index (χ3n) is 2.93. The van der Waals surface area contributed by atoms with Crippen LogP contribution in [0.3, 0.4) is 0 Å². The van der Waals surface area contributed by atoms with Gasteiger partial charge in [-0.3, -0.25) is 0 Å². The largest absolute Gasteiger partial charge is 0.330 e. The summed E-state index contributed by atoms with van der Waals surface area (Å²) in [6.07, 6.45) is 0.722. The Morgan fingerprint density at radius 3 is 2.50 bits per heavy atom. The number of nitrogens with zero attached hydrogens (tertiary/aromatic N) is 2. The zero-order valence-corrected chi connectivity index (χ0v) is 11.2.